The number of rotatable bonds is 6. The number of nitrogens with one attached hydrogen (secondary N) is 2. The van der Waals surface area contributed by atoms with Crippen molar-refractivity contribution < 1.29 is 4.79 Å². The maximum Gasteiger partial charge on any atom is 0.274 e. The molecule has 3 heterocycles. The van der Waals surface area contributed by atoms with E-state index in [4.69, 9.17) is 0 Å². The highest BCUT2D eigenvalue weighted by Crippen LogP contribution is 2.20. The summed E-state index contributed by atoms with van der Waals surface area (Å²) in [5.74, 6) is -0.185. The number of hydrogen-bond acceptors (Lipinski definition) is 5. The fourth-order valence-corrected chi connectivity index (χ4v) is 3.67. The molecule has 0 saturated carbocycles. The fourth-order valence-electron chi connectivity index (χ4n) is 3.67. The van der Waals surface area contributed by atoms with Crippen LogP contribution in [0.4, 0.5) is 0 Å². The van der Waals surface area contributed by atoms with Crippen molar-refractivity contribution in [3.05, 3.63) is 65.5 Å². The standard InChI is InChI=1S/C20H25N7O.2ClH/c1-15-19(24-25-27(15)18-6-8-21-9-7-18)20(28)23-12-16-4-2-3-5-17(16)13-26-11-10-22-14-26;;/h2-5,10-11,14,18,21H,6-9,12-13H2,1H3,(H,23,28);2*1H. The number of amides is 1. The van der Waals surface area contributed by atoms with Crippen molar-refractivity contribution in [2.45, 2.75) is 38.9 Å². The van der Waals surface area contributed by atoms with E-state index in [1.165, 1.54) is 0 Å². The van der Waals surface area contributed by atoms with Gasteiger partial charge in [0.1, 0.15) is 0 Å². The summed E-state index contributed by atoms with van der Waals surface area (Å²) >= 11 is 0. The maximum atomic E-state index is 12.7. The lowest BCUT2D eigenvalue weighted by molar-refractivity contribution is 0.0945. The number of aromatic nitrogens is 5. The lowest BCUT2D eigenvalue weighted by Crippen LogP contribution is -2.30. The monoisotopic (exact) mass is 451 g/mol. The maximum absolute atomic E-state index is 12.7. The molecule has 1 aromatic carbocycles. The third-order valence-electron chi connectivity index (χ3n) is 5.27. The van der Waals surface area contributed by atoms with Gasteiger partial charge in [-0.05, 0) is 44.0 Å². The molecule has 0 bridgehead atoms. The molecule has 0 atom stereocenters. The molecule has 2 N–H and O–H groups in total. The molecule has 162 valence electrons. The van der Waals surface area contributed by atoms with Crippen molar-refractivity contribution in [2.75, 3.05) is 13.1 Å². The Bertz CT molecular complexity index is 937. The van der Waals surface area contributed by atoms with E-state index < -0.39 is 0 Å². The van der Waals surface area contributed by atoms with Crippen LogP contribution >= 0.6 is 24.8 Å². The van der Waals surface area contributed by atoms with Crippen LogP contribution < -0.4 is 10.6 Å². The molecule has 1 aliphatic heterocycles. The molecule has 8 nitrogen and oxygen atoms in total. The van der Waals surface area contributed by atoms with E-state index in [2.05, 4.69) is 32.0 Å². The molecule has 0 spiro atoms. The van der Waals surface area contributed by atoms with Gasteiger partial charge >= 0.3 is 0 Å². The van der Waals surface area contributed by atoms with Crippen LogP contribution in [-0.4, -0.2) is 43.5 Å². The van der Waals surface area contributed by atoms with Crippen molar-refractivity contribution in [1.29, 1.82) is 0 Å². The molecule has 0 radical (unpaired) electrons. The number of hydrogen-bond donors (Lipinski definition) is 2. The van der Waals surface area contributed by atoms with Gasteiger partial charge < -0.3 is 15.2 Å². The van der Waals surface area contributed by atoms with Gasteiger partial charge in [0, 0.05) is 25.5 Å². The average Bonchev–Trinajstić information content (AvgIpc) is 3.37. The molecule has 1 saturated heterocycles. The Morgan fingerprint density at radius 3 is 2.63 bits per heavy atom. The number of carbonyl (C=O) groups is 1. The number of benzene rings is 1. The van der Waals surface area contributed by atoms with Gasteiger partial charge in [-0.3, -0.25) is 4.79 Å². The predicted molar refractivity (Wildman–Crippen MR) is 119 cm³/mol. The lowest BCUT2D eigenvalue weighted by atomic mass is 10.1. The van der Waals surface area contributed by atoms with Crippen LogP contribution in [0.25, 0.3) is 0 Å². The predicted octanol–water partition coefficient (Wildman–Crippen LogP) is 2.53. The Kier molecular flexibility index (Phi) is 8.83. The summed E-state index contributed by atoms with van der Waals surface area (Å²) in [5.41, 5.74) is 3.46. The normalized spacial score (nSPS) is 13.9. The summed E-state index contributed by atoms with van der Waals surface area (Å²) in [7, 11) is 0. The van der Waals surface area contributed by atoms with E-state index in [0.29, 0.717) is 18.3 Å². The third kappa shape index (κ3) is 5.38. The van der Waals surface area contributed by atoms with Crippen LogP contribution in [0.5, 0.6) is 0 Å². The molecule has 0 aliphatic carbocycles. The molecule has 4 rings (SSSR count). The van der Waals surface area contributed by atoms with Crippen LogP contribution in [0.2, 0.25) is 0 Å². The molecule has 2 aromatic heterocycles. The highest BCUT2D eigenvalue weighted by atomic mass is 35.5. The molecule has 1 amide bonds. The fraction of sp³-hybridized carbons (Fsp3) is 0.400. The smallest absolute Gasteiger partial charge is 0.274 e. The van der Waals surface area contributed by atoms with E-state index in [0.717, 1.165) is 49.3 Å². The van der Waals surface area contributed by atoms with Crippen molar-refractivity contribution >= 4 is 30.7 Å². The summed E-state index contributed by atoms with van der Waals surface area (Å²) in [6.45, 7) is 5.03. The first-order valence-corrected chi connectivity index (χ1v) is 9.65. The molecular weight excluding hydrogens is 425 g/mol. The van der Waals surface area contributed by atoms with Crippen LogP contribution in [0.15, 0.2) is 43.0 Å². The molecule has 3 aromatic rings. The van der Waals surface area contributed by atoms with E-state index >= 15 is 0 Å². The van der Waals surface area contributed by atoms with Gasteiger partial charge in [0.05, 0.1) is 18.1 Å². The number of imidazole rings is 1. The largest absolute Gasteiger partial charge is 0.346 e. The van der Waals surface area contributed by atoms with E-state index in [1.54, 1.807) is 12.5 Å². The quantitative estimate of drug-likeness (QED) is 0.600. The Hall–Kier alpha value is -2.42. The number of halogens is 2. The minimum Gasteiger partial charge on any atom is -0.346 e. The Balaban J connectivity index is 0.00000160. The zero-order chi connectivity index (χ0) is 19.3. The highest BCUT2D eigenvalue weighted by Gasteiger charge is 2.22. The summed E-state index contributed by atoms with van der Waals surface area (Å²) in [4.78, 5) is 16.8. The molecular formula is C20H27Cl2N7O. The van der Waals surface area contributed by atoms with E-state index in [9.17, 15) is 4.79 Å². The lowest BCUT2D eigenvalue weighted by Gasteiger charge is -2.23. The van der Waals surface area contributed by atoms with Gasteiger partial charge in [0.25, 0.3) is 5.91 Å². The summed E-state index contributed by atoms with van der Waals surface area (Å²) in [5, 5.41) is 14.8. The Morgan fingerprint density at radius 1 is 1.20 bits per heavy atom. The van der Waals surface area contributed by atoms with E-state index in [-0.39, 0.29) is 30.7 Å². The topological polar surface area (TPSA) is 89.7 Å². The second-order valence-electron chi connectivity index (χ2n) is 7.14. The second-order valence-corrected chi connectivity index (χ2v) is 7.14. The van der Waals surface area contributed by atoms with Crippen molar-refractivity contribution in [1.82, 2.24) is 35.2 Å². The highest BCUT2D eigenvalue weighted by molar-refractivity contribution is 5.93. The molecule has 1 fully saturated rings. The number of carbonyl (C=O) groups excluding carboxylic acids is 1. The Morgan fingerprint density at radius 2 is 1.93 bits per heavy atom. The van der Waals surface area contributed by atoms with Crippen molar-refractivity contribution in [3.63, 3.8) is 0 Å². The zero-order valence-corrected chi connectivity index (χ0v) is 18.5. The van der Waals surface area contributed by atoms with Gasteiger partial charge in [-0.1, -0.05) is 29.5 Å². The summed E-state index contributed by atoms with van der Waals surface area (Å²) in [6.07, 6.45) is 7.49. The average molecular weight is 452 g/mol. The van der Waals surface area contributed by atoms with Gasteiger partial charge in [0.2, 0.25) is 0 Å². The van der Waals surface area contributed by atoms with Gasteiger partial charge in [0.15, 0.2) is 5.69 Å². The minimum atomic E-state index is -0.185. The summed E-state index contributed by atoms with van der Waals surface area (Å²) in [6, 6.07) is 8.40. The van der Waals surface area contributed by atoms with Crippen molar-refractivity contribution in [2.24, 2.45) is 0 Å². The van der Waals surface area contributed by atoms with Crippen LogP contribution in [0.3, 0.4) is 0 Å². The number of piperidine rings is 1. The van der Waals surface area contributed by atoms with Crippen LogP contribution in [-0.2, 0) is 13.1 Å². The van der Waals surface area contributed by atoms with Gasteiger partial charge in [-0.15, -0.1) is 29.9 Å². The first-order valence-electron chi connectivity index (χ1n) is 9.65. The summed E-state index contributed by atoms with van der Waals surface area (Å²) < 4.78 is 3.91. The SMILES string of the molecule is Cc1c(C(=O)NCc2ccccc2Cn2ccnc2)nnn1C1CCNCC1.Cl.Cl. The van der Waals surface area contributed by atoms with Crippen LogP contribution in [0.1, 0.15) is 46.2 Å². The number of nitrogens with zero attached hydrogens (tertiary/aromatic N) is 5. The molecule has 10 heteroatoms. The van der Waals surface area contributed by atoms with Crippen LogP contribution in [0, 0.1) is 6.92 Å². The van der Waals surface area contributed by atoms with Gasteiger partial charge in [-0.25, -0.2) is 9.67 Å². The van der Waals surface area contributed by atoms with Crippen molar-refractivity contribution in [3.8, 4) is 0 Å². The Labute approximate surface area is 188 Å². The van der Waals surface area contributed by atoms with Gasteiger partial charge in [-0.2, -0.15) is 0 Å². The first kappa shape index (κ1) is 23.9. The third-order valence-corrected chi connectivity index (χ3v) is 5.27. The second kappa shape index (κ2) is 11.1. The molecule has 30 heavy (non-hydrogen) atoms. The molecule has 0 unspecified atom stereocenters. The first-order chi connectivity index (χ1) is 13.7. The minimum absolute atomic E-state index is 0. The van der Waals surface area contributed by atoms with E-state index in [1.807, 2.05) is 40.6 Å². The zero-order valence-electron chi connectivity index (χ0n) is 16.8. The molecule has 1 aliphatic rings.